The van der Waals surface area contributed by atoms with Crippen molar-refractivity contribution in [2.75, 3.05) is 31.1 Å². The molecule has 0 aliphatic carbocycles. The molecule has 0 unspecified atom stereocenters. The molecule has 0 spiro atoms. The zero-order valence-electron chi connectivity index (χ0n) is 15.1. The predicted molar refractivity (Wildman–Crippen MR) is 101 cm³/mol. The lowest BCUT2D eigenvalue weighted by Gasteiger charge is -2.31. The van der Waals surface area contributed by atoms with Crippen LogP contribution in [0.15, 0.2) is 24.3 Å². The Balaban J connectivity index is 1.65. The molecule has 1 aliphatic rings. The monoisotopic (exact) mass is 366 g/mol. The summed E-state index contributed by atoms with van der Waals surface area (Å²) in [6, 6.07) is 8.75. The highest BCUT2D eigenvalue weighted by Gasteiger charge is 2.21. The number of nitrogens with two attached hydrogens (primary N) is 1. The van der Waals surface area contributed by atoms with Crippen LogP contribution in [0.4, 0.5) is 0 Å². The minimum Gasteiger partial charge on any atom is -0.370 e. The maximum absolute atomic E-state index is 11.9. The van der Waals surface area contributed by atoms with Gasteiger partial charge in [-0.1, -0.05) is 29.8 Å². The molecule has 140 valence electrons. The number of carbonyl (C=O) groups is 1. The molecule has 1 heterocycles. The first-order chi connectivity index (χ1) is 11.8. The highest BCUT2D eigenvalue weighted by atomic mass is 32.2. The smallest absolute Gasteiger partial charge is 0.218 e. The van der Waals surface area contributed by atoms with Crippen molar-refractivity contribution in [2.24, 2.45) is 11.7 Å². The van der Waals surface area contributed by atoms with E-state index >= 15 is 0 Å². The highest BCUT2D eigenvalue weighted by Crippen LogP contribution is 2.22. The number of aryl methyl sites for hydroxylation is 2. The van der Waals surface area contributed by atoms with E-state index in [0.717, 1.165) is 38.3 Å². The molecule has 1 saturated heterocycles. The van der Waals surface area contributed by atoms with Gasteiger partial charge < -0.3 is 10.6 Å². The molecule has 2 N–H and O–H groups in total. The van der Waals surface area contributed by atoms with Gasteiger partial charge in [0.1, 0.15) is 0 Å². The van der Waals surface area contributed by atoms with Gasteiger partial charge in [-0.05, 0) is 57.2 Å². The van der Waals surface area contributed by atoms with Gasteiger partial charge in [-0.15, -0.1) is 0 Å². The SMILES string of the molecule is Cc1ccc(CCC2CCN(CCS(=O)(=O)CCC(N)=O)CC2)cc1. The first-order valence-corrected chi connectivity index (χ1v) is 10.9. The second-order valence-corrected chi connectivity index (χ2v) is 9.48. The van der Waals surface area contributed by atoms with E-state index < -0.39 is 15.7 Å². The summed E-state index contributed by atoms with van der Waals surface area (Å²) in [5, 5.41) is 0. The number of primary amides is 1. The first-order valence-electron chi connectivity index (χ1n) is 9.11. The Labute approximate surface area is 151 Å². The van der Waals surface area contributed by atoms with Crippen LogP contribution >= 0.6 is 0 Å². The van der Waals surface area contributed by atoms with E-state index in [4.69, 9.17) is 5.73 Å². The van der Waals surface area contributed by atoms with Gasteiger partial charge in [0.15, 0.2) is 9.84 Å². The van der Waals surface area contributed by atoms with Crippen LogP contribution in [0, 0.1) is 12.8 Å². The summed E-state index contributed by atoms with van der Waals surface area (Å²) in [5.74, 6) is 0.158. The lowest BCUT2D eigenvalue weighted by Crippen LogP contribution is -2.37. The fraction of sp³-hybridized carbons (Fsp3) is 0.632. The maximum Gasteiger partial charge on any atom is 0.218 e. The van der Waals surface area contributed by atoms with Crippen LogP contribution in [0.3, 0.4) is 0 Å². The zero-order chi connectivity index (χ0) is 18.3. The van der Waals surface area contributed by atoms with Crippen LogP contribution in [-0.4, -0.2) is 50.4 Å². The third-order valence-corrected chi connectivity index (χ3v) is 6.68. The Morgan fingerprint density at radius 3 is 2.40 bits per heavy atom. The number of carbonyl (C=O) groups excluding carboxylic acids is 1. The second-order valence-electron chi connectivity index (χ2n) is 7.18. The van der Waals surface area contributed by atoms with E-state index in [-0.39, 0.29) is 17.9 Å². The number of sulfone groups is 1. The quantitative estimate of drug-likeness (QED) is 0.724. The molecule has 1 aromatic carbocycles. The minimum atomic E-state index is -3.18. The predicted octanol–water partition coefficient (Wildman–Crippen LogP) is 1.93. The van der Waals surface area contributed by atoms with Crippen molar-refractivity contribution in [3.8, 4) is 0 Å². The molecule has 1 amide bonds. The number of hydrogen-bond donors (Lipinski definition) is 1. The van der Waals surface area contributed by atoms with Crippen LogP contribution in [0.5, 0.6) is 0 Å². The van der Waals surface area contributed by atoms with Gasteiger partial charge in [0, 0.05) is 13.0 Å². The van der Waals surface area contributed by atoms with Crippen molar-refractivity contribution in [1.82, 2.24) is 4.90 Å². The molecular formula is C19H30N2O3S. The molecule has 1 aliphatic heterocycles. The summed E-state index contributed by atoms with van der Waals surface area (Å²) < 4.78 is 23.8. The standard InChI is InChI=1S/C19H30N2O3S/c1-16-2-4-17(5-3-16)6-7-18-8-11-21(12-9-18)13-15-25(23,24)14-10-19(20)22/h2-5,18H,6-15H2,1H3,(H2,20,22). The second kappa shape index (κ2) is 9.34. The highest BCUT2D eigenvalue weighted by molar-refractivity contribution is 7.91. The topological polar surface area (TPSA) is 80.5 Å². The lowest BCUT2D eigenvalue weighted by molar-refractivity contribution is -0.117. The van der Waals surface area contributed by atoms with Crippen molar-refractivity contribution < 1.29 is 13.2 Å². The molecular weight excluding hydrogens is 336 g/mol. The van der Waals surface area contributed by atoms with Crippen molar-refractivity contribution in [1.29, 1.82) is 0 Å². The van der Waals surface area contributed by atoms with Gasteiger partial charge in [0.2, 0.25) is 5.91 Å². The summed E-state index contributed by atoms with van der Waals surface area (Å²) in [5.41, 5.74) is 7.71. The third-order valence-electron chi connectivity index (χ3n) is 5.05. The van der Waals surface area contributed by atoms with Gasteiger partial charge in [-0.3, -0.25) is 4.79 Å². The van der Waals surface area contributed by atoms with Crippen LogP contribution in [-0.2, 0) is 21.1 Å². The van der Waals surface area contributed by atoms with E-state index in [2.05, 4.69) is 36.1 Å². The Kier molecular flexibility index (Phi) is 7.44. The number of rotatable bonds is 9. The van der Waals surface area contributed by atoms with E-state index in [1.807, 2.05) is 0 Å². The van der Waals surface area contributed by atoms with Crippen molar-refractivity contribution in [2.45, 2.75) is 39.0 Å². The van der Waals surface area contributed by atoms with E-state index in [1.54, 1.807) is 0 Å². The Hall–Kier alpha value is -1.40. The molecule has 5 nitrogen and oxygen atoms in total. The number of hydrogen-bond acceptors (Lipinski definition) is 4. The fourth-order valence-electron chi connectivity index (χ4n) is 3.25. The molecule has 1 aromatic rings. The van der Waals surface area contributed by atoms with Crippen LogP contribution in [0.25, 0.3) is 0 Å². The molecule has 25 heavy (non-hydrogen) atoms. The van der Waals surface area contributed by atoms with Gasteiger partial charge in [0.25, 0.3) is 0 Å². The summed E-state index contributed by atoms with van der Waals surface area (Å²) in [7, 11) is -3.18. The molecule has 0 bridgehead atoms. The minimum absolute atomic E-state index is 0.0799. The fourth-order valence-corrected chi connectivity index (χ4v) is 4.50. The largest absolute Gasteiger partial charge is 0.370 e. The van der Waals surface area contributed by atoms with Crippen LogP contribution in [0.1, 0.15) is 36.8 Å². The molecule has 2 rings (SSSR count). The molecule has 0 aromatic heterocycles. The molecule has 6 heteroatoms. The molecule has 0 radical (unpaired) electrons. The lowest BCUT2D eigenvalue weighted by atomic mass is 9.90. The number of amides is 1. The Morgan fingerprint density at radius 1 is 1.16 bits per heavy atom. The Bertz CT molecular complexity index is 648. The van der Waals surface area contributed by atoms with Gasteiger partial charge in [-0.25, -0.2) is 8.42 Å². The summed E-state index contributed by atoms with van der Waals surface area (Å²) in [6.45, 7) is 4.59. The summed E-state index contributed by atoms with van der Waals surface area (Å²) >= 11 is 0. The zero-order valence-corrected chi connectivity index (χ0v) is 15.9. The van der Waals surface area contributed by atoms with Crippen molar-refractivity contribution >= 4 is 15.7 Å². The van der Waals surface area contributed by atoms with Gasteiger partial charge in [0.05, 0.1) is 11.5 Å². The van der Waals surface area contributed by atoms with Crippen molar-refractivity contribution in [3.63, 3.8) is 0 Å². The molecule has 1 fully saturated rings. The normalized spacial score (nSPS) is 16.8. The number of nitrogens with zero attached hydrogens (tertiary/aromatic N) is 1. The first kappa shape index (κ1) is 19.9. The van der Waals surface area contributed by atoms with Crippen molar-refractivity contribution in [3.05, 3.63) is 35.4 Å². The van der Waals surface area contributed by atoms with E-state index in [1.165, 1.54) is 17.5 Å². The number of benzene rings is 1. The molecule has 0 atom stereocenters. The third kappa shape index (κ3) is 7.57. The number of likely N-dealkylation sites (tertiary alicyclic amines) is 1. The summed E-state index contributed by atoms with van der Waals surface area (Å²) in [4.78, 5) is 12.9. The van der Waals surface area contributed by atoms with E-state index in [9.17, 15) is 13.2 Å². The average molecular weight is 367 g/mol. The van der Waals surface area contributed by atoms with E-state index in [0.29, 0.717) is 6.54 Å². The molecule has 0 saturated carbocycles. The van der Waals surface area contributed by atoms with Crippen LogP contribution in [0.2, 0.25) is 0 Å². The summed E-state index contributed by atoms with van der Waals surface area (Å²) in [6.07, 6.45) is 4.50. The number of piperidine rings is 1. The average Bonchev–Trinajstić information content (AvgIpc) is 2.59. The van der Waals surface area contributed by atoms with Gasteiger partial charge in [-0.2, -0.15) is 0 Å². The Morgan fingerprint density at radius 2 is 1.80 bits per heavy atom. The van der Waals surface area contributed by atoms with Gasteiger partial charge >= 0.3 is 0 Å². The maximum atomic E-state index is 11.9. The van der Waals surface area contributed by atoms with Crippen LogP contribution < -0.4 is 5.73 Å².